The van der Waals surface area contributed by atoms with Crippen LogP contribution in [0.2, 0.25) is 0 Å². The normalized spacial score (nSPS) is 14.1. The van der Waals surface area contributed by atoms with E-state index in [4.69, 9.17) is 0 Å². The Balaban J connectivity index is 1.59. The number of benzene rings is 1. The van der Waals surface area contributed by atoms with Crippen molar-refractivity contribution in [3.63, 3.8) is 0 Å². The molecule has 148 valence electrons. The zero-order valence-corrected chi connectivity index (χ0v) is 17.1. The molecule has 2 aromatic heterocycles. The quantitative estimate of drug-likeness (QED) is 0.581. The third-order valence-electron chi connectivity index (χ3n) is 4.55. The summed E-state index contributed by atoms with van der Waals surface area (Å²) >= 11 is -0.379. The third-order valence-corrected chi connectivity index (χ3v) is 6.87. The maximum atomic E-state index is 14.1. The number of carbonyl (C=O) groups excluding carboxylic acids is 1. The van der Waals surface area contributed by atoms with Crippen molar-refractivity contribution in [2.75, 3.05) is 0 Å². The Morgan fingerprint density at radius 1 is 1.17 bits per heavy atom. The second kappa shape index (κ2) is 7.89. The second-order valence-electron chi connectivity index (χ2n) is 6.51. The first kappa shape index (κ1) is 19.5. The number of allylic oxidation sites excluding steroid dienone is 3. The van der Waals surface area contributed by atoms with Gasteiger partial charge in [-0.25, -0.2) is 0 Å². The molecule has 0 saturated carbocycles. The summed E-state index contributed by atoms with van der Waals surface area (Å²) in [6, 6.07) is 11.6. The van der Waals surface area contributed by atoms with E-state index in [-0.39, 0.29) is 38.9 Å². The van der Waals surface area contributed by atoms with Crippen LogP contribution in [0, 0.1) is 5.82 Å². The molecular weight excluding hydrogens is 446 g/mol. The number of hydrogen-bond donors (Lipinski definition) is 1. The van der Waals surface area contributed by atoms with Crippen LogP contribution in [0.1, 0.15) is 22.1 Å². The molecule has 4 rings (SSSR count). The van der Waals surface area contributed by atoms with Gasteiger partial charge in [0.25, 0.3) is 0 Å². The predicted molar refractivity (Wildman–Crippen MR) is 105 cm³/mol. The van der Waals surface area contributed by atoms with Gasteiger partial charge in [-0.2, -0.15) is 0 Å². The topological polar surface area (TPSA) is 46.9 Å². The average molecular weight is 462 g/mol. The molecule has 1 N–H and O–H groups in total. The number of aryl methyl sites for hydroxylation is 1. The molecule has 0 atom stereocenters. The average Bonchev–Trinajstić information content (AvgIpc) is 3.32. The Hall–Kier alpha value is -2.83. The molecule has 1 amide bonds. The van der Waals surface area contributed by atoms with Crippen molar-refractivity contribution < 1.29 is 18.0 Å². The van der Waals surface area contributed by atoms with E-state index in [0.29, 0.717) is 15.7 Å². The molecule has 3 aromatic rings. The first-order chi connectivity index (χ1) is 13.9. The monoisotopic (exact) mass is 463 g/mol. The minimum absolute atomic E-state index is 0.0740. The SMILES string of the molecule is Cn1nc(-c2ccccc2F)cc1-c1ccc(C(=O)NC2=C(F)CCC=C2F)[se]1. The standard InChI is InChI=1S/C21H16F3N3OSe/c1-27-17(11-16(26-27)12-5-2-3-6-13(12)22)18-9-10-19(29-18)21(28)25-20-14(23)7-4-8-15(20)24/h2-3,5-7,9-11H,4,8H2,1H3,(H,25,28). The van der Waals surface area contributed by atoms with Crippen LogP contribution >= 0.6 is 0 Å². The summed E-state index contributed by atoms with van der Waals surface area (Å²) in [5.41, 5.74) is 1.27. The molecule has 1 aliphatic carbocycles. The van der Waals surface area contributed by atoms with E-state index in [1.807, 2.05) is 0 Å². The first-order valence-corrected chi connectivity index (χ1v) is 10.6. The van der Waals surface area contributed by atoms with Crippen molar-refractivity contribution in [2.24, 2.45) is 7.05 Å². The van der Waals surface area contributed by atoms with E-state index in [1.54, 1.807) is 48.1 Å². The number of carbonyl (C=O) groups is 1. The van der Waals surface area contributed by atoms with E-state index in [9.17, 15) is 18.0 Å². The van der Waals surface area contributed by atoms with Crippen molar-refractivity contribution in [1.29, 1.82) is 0 Å². The van der Waals surface area contributed by atoms with E-state index < -0.39 is 17.6 Å². The Labute approximate surface area is 171 Å². The minimum atomic E-state index is -0.748. The fourth-order valence-corrected chi connectivity index (χ4v) is 5.07. The van der Waals surface area contributed by atoms with Gasteiger partial charge in [-0.3, -0.25) is 0 Å². The number of rotatable bonds is 4. The Bertz CT molecular complexity index is 1160. The third kappa shape index (κ3) is 3.86. The molecule has 0 saturated heterocycles. The van der Waals surface area contributed by atoms with Crippen LogP contribution in [0.25, 0.3) is 21.4 Å². The summed E-state index contributed by atoms with van der Waals surface area (Å²) in [6.07, 6.45) is 1.61. The fourth-order valence-electron chi connectivity index (χ4n) is 3.08. The van der Waals surface area contributed by atoms with Gasteiger partial charge < -0.3 is 0 Å². The van der Waals surface area contributed by atoms with Crippen molar-refractivity contribution in [1.82, 2.24) is 15.1 Å². The molecule has 0 unspecified atom stereocenters. The van der Waals surface area contributed by atoms with Crippen LogP contribution in [-0.2, 0) is 7.05 Å². The van der Waals surface area contributed by atoms with Gasteiger partial charge in [0.2, 0.25) is 0 Å². The molecule has 1 aromatic carbocycles. The Morgan fingerprint density at radius 3 is 2.72 bits per heavy atom. The summed E-state index contributed by atoms with van der Waals surface area (Å²) in [5, 5.41) is 6.73. The zero-order chi connectivity index (χ0) is 20.5. The predicted octanol–water partition coefficient (Wildman–Crippen LogP) is 4.51. The van der Waals surface area contributed by atoms with E-state index in [1.165, 1.54) is 12.1 Å². The second-order valence-corrected chi connectivity index (χ2v) is 8.78. The van der Waals surface area contributed by atoms with Crippen LogP contribution < -0.4 is 5.32 Å². The Morgan fingerprint density at radius 2 is 1.97 bits per heavy atom. The van der Waals surface area contributed by atoms with Gasteiger partial charge in [-0.1, -0.05) is 0 Å². The van der Waals surface area contributed by atoms with Crippen molar-refractivity contribution in [3.8, 4) is 21.4 Å². The molecule has 0 radical (unpaired) electrons. The number of nitrogens with zero attached hydrogens (tertiary/aromatic N) is 2. The molecule has 2 heterocycles. The van der Waals surface area contributed by atoms with E-state index in [0.717, 1.165) is 10.1 Å². The first-order valence-electron chi connectivity index (χ1n) is 8.89. The number of amides is 1. The molecule has 0 bridgehead atoms. The molecule has 0 aliphatic heterocycles. The summed E-state index contributed by atoms with van der Waals surface area (Å²) in [5.74, 6) is -2.29. The van der Waals surface area contributed by atoms with Crippen molar-refractivity contribution >= 4 is 20.4 Å². The number of halogens is 3. The van der Waals surface area contributed by atoms with Crippen LogP contribution in [0.15, 0.2) is 65.9 Å². The van der Waals surface area contributed by atoms with Gasteiger partial charge in [0.1, 0.15) is 0 Å². The van der Waals surface area contributed by atoms with Gasteiger partial charge >= 0.3 is 171 Å². The molecule has 29 heavy (non-hydrogen) atoms. The van der Waals surface area contributed by atoms with Crippen LogP contribution in [0.3, 0.4) is 0 Å². The van der Waals surface area contributed by atoms with Crippen LogP contribution in [0.4, 0.5) is 13.2 Å². The number of aromatic nitrogens is 2. The number of nitrogens with one attached hydrogen (secondary N) is 1. The molecule has 0 spiro atoms. The molecule has 0 fully saturated rings. The summed E-state index contributed by atoms with van der Waals surface area (Å²) in [7, 11) is 1.75. The van der Waals surface area contributed by atoms with Gasteiger partial charge in [-0.05, 0) is 0 Å². The van der Waals surface area contributed by atoms with Gasteiger partial charge in [0.15, 0.2) is 0 Å². The fraction of sp³-hybridized carbons (Fsp3) is 0.143. The van der Waals surface area contributed by atoms with Crippen molar-refractivity contribution in [3.05, 3.63) is 76.1 Å². The zero-order valence-electron chi connectivity index (χ0n) is 15.4. The van der Waals surface area contributed by atoms with Gasteiger partial charge in [0.05, 0.1) is 0 Å². The molecule has 8 heteroatoms. The summed E-state index contributed by atoms with van der Waals surface area (Å²) < 4.78 is 44.7. The molecule has 1 aliphatic rings. The number of hydrogen-bond acceptors (Lipinski definition) is 2. The van der Waals surface area contributed by atoms with E-state index >= 15 is 0 Å². The van der Waals surface area contributed by atoms with Gasteiger partial charge in [0, 0.05) is 0 Å². The molecular formula is C21H16F3N3OSe. The van der Waals surface area contributed by atoms with Crippen LogP contribution in [-0.4, -0.2) is 30.2 Å². The van der Waals surface area contributed by atoms with Gasteiger partial charge in [-0.15, -0.1) is 0 Å². The maximum absolute atomic E-state index is 14.1. The van der Waals surface area contributed by atoms with E-state index in [2.05, 4.69) is 10.4 Å². The van der Waals surface area contributed by atoms with Crippen LogP contribution in [0.5, 0.6) is 0 Å². The Kier molecular flexibility index (Phi) is 5.30. The summed E-state index contributed by atoms with van der Waals surface area (Å²) in [6.45, 7) is 0. The van der Waals surface area contributed by atoms with Crippen molar-refractivity contribution in [2.45, 2.75) is 12.8 Å². The molecule has 4 nitrogen and oxygen atoms in total. The summed E-state index contributed by atoms with van der Waals surface area (Å²) in [4.78, 5) is 12.5.